The van der Waals surface area contributed by atoms with E-state index in [0.29, 0.717) is 6.07 Å². The number of carbonyl (C=O) groups is 1. The minimum atomic E-state index is -4.57. The van der Waals surface area contributed by atoms with E-state index in [0.717, 1.165) is 29.8 Å². The van der Waals surface area contributed by atoms with E-state index in [1.165, 1.54) is 17.4 Å². The van der Waals surface area contributed by atoms with Gasteiger partial charge in [-0.1, -0.05) is 11.6 Å². The number of alkyl halides is 3. The zero-order valence-electron chi connectivity index (χ0n) is 14.8. The summed E-state index contributed by atoms with van der Waals surface area (Å²) in [7, 11) is 0. The number of nitrogens with zero attached hydrogens (tertiary/aromatic N) is 1. The Morgan fingerprint density at radius 1 is 1.17 bits per heavy atom. The first-order valence-electron chi connectivity index (χ1n) is 8.16. The summed E-state index contributed by atoms with van der Waals surface area (Å²) in [5.74, 6) is -1.10. The van der Waals surface area contributed by atoms with Crippen molar-refractivity contribution in [3.8, 4) is 11.5 Å². The van der Waals surface area contributed by atoms with Gasteiger partial charge in [-0.15, -0.1) is 0 Å². The third-order valence-corrected chi connectivity index (χ3v) is 4.85. The van der Waals surface area contributed by atoms with E-state index in [2.05, 4.69) is 0 Å². The monoisotopic (exact) mass is 457 g/mol. The largest absolute Gasteiger partial charge is 0.457 e. The van der Waals surface area contributed by atoms with Crippen LogP contribution in [0.1, 0.15) is 21.5 Å². The first-order valence-corrected chi connectivity index (χ1v) is 9.48. The Labute approximate surface area is 176 Å². The van der Waals surface area contributed by atoms with Crippen molar-refractivity contribution >= 4 is 34.6 Å². The second-order valence-electron chi connectivity index (χ2n) is 5.89. The predicted octanol–water partition coefficient (Wildman–Crippen LogP) is 6.48. The Morgan fingerprint density at radius 3 is 2.53 bits per heavy atom. The molecule has 0 aliphatic carbocycles. The van der Waals surface area contributed by atoms with Gasteiger partial charge in [0.05, 0.1) is 15.5 Å². The highest BCUT2D eigenvalue weighted by atomic mass is 35.5. The molecule has 30 heavy (non-hydrogen) atoms. The molecule has 2 aromatic carbocycles. The van der Waals surface area contributed by atoms with Gasteiger partial charge in [-0.25, -0.2) is 4.79 Å². The quantitative estimate of drug-likeness (QED) is 0.240. The van der Waals surface area contributed by atoms with Crippen LogP contribution in [0.4, 0.5) is 18.9 Å². The van der Waals surface area contributed by atoms with Crippen LogP contribution in [-0.4, -0.2) is 10.9 Å². The molecule has 3 aromatic rings. The molecule has 3 rings (SSSR count). The highest BCUT2D eigenvalue weighted by Crippen LogP contribution is 2.37. The number of esters is 1. The van der Waals surface area contributed by atoms with E-state index in [1.807, 2.05) is 0 Å². The van der Waals surface area contributed by atoms with Gasteiger partial charge in [0, 0.05) is 17.7 Å². The minimum absolute atomic E-state index is 0.0373. The van der Waals surface area contributed by atoms with E-state index in [9.17, 15) is 28.1 Å². The number of nitro benzene ring substituents is 1. The van der Waals surface area contributed by atoms with Crippen molar-refractivity contribution in [1.82, 2.24) is 0 Å². The average Bonchev–Trinajstić information content (AvgIpc) is 3.20. The van der Waals surface area contributed by atoms with Crippen LogP contribution in [0.15, 0.2) is 53.2 Å². The van der Waals surface area contributed by atoms with Crippen LogP contribution in [0.5, 0.6) is 11.5 Å². The van der Waals surface area contributed by atoms with Crippen LogP contribution in [0, 0.1) is 10.1 Å². The molecular formula is C19H11ClF3NO5S. The Morgan fingerprint density at radius 2 is 1.93 bits per heavy atom. The van der Waals surface area contributed by atoms with Gasteiger partial charge in [0.1, 0.15) is 23.7 Å². The van der Waals surface area contributed by atoms with Crippen molar-refractivity contribution in [3.63, 3.8) is 0 Å². The molecule has 0 fully saturated rings. The van der Waals surface area contributed by atoms with E-state index < -0.39 is 28.3 Å². The number of ether oxygens (including phenoxy) is 2. The molecule has 0 saturated carbocycles. The number of hydrogen-bond donors (Lipinski definition) is 0. The zero-order chi connectivity index (χ0) is 21.9. The SMILES string of the molecule is O=C(OCc1ccsc1)c1cc(Oc2ccc(C(F)(F)F)cc2Cl)ccc1[N+](=O)[O-]. The number of benzene rings is 2. The summed E-state index contributed by atoms with van der Waals surface area (Å²) in [6, 6.07) is 7.53. The lowest BCUT2D eigenvalue weighted by Crippen LogP contribution is -2.08. The Hall–Kier alpha value is -3.11. The maximum Gasteiger partial charge on any atom is 0.416 e. The van der Waals surface area contributed by atoms with Crippen molar-refractivity contribution in [1.29, 1.82) is 0 Å². The Bertz CT molecular complexity index is 1090. The number of hydrogen-bond acceptors (Lipinski definition) is 6. The fourth-order valence-corrected chi connectivity index (χ4v) is 3.26. The van der Waals surface area contributed by atoms with E-state index in [4.69, 9.17) is 21.1 Å². The van der Waals surface area contributed by atoms with Gasteiger partial charge >= 0.3 is 12.1 Å². The van der Waals surface area contributed by atoms with Crippen LogP contribution >= 0.6 is 22.9 Å². The number of rotatable bonds is 6. The highest BCUT2D eigenvalue weighted by Gasteiger charge is 2.31. The molecule has 156 valence electrons. The molecule has 0 N–H and O–H groups in total. The van der Waals surface area contributed by atoms with Crippen LogP contribution in [0.3, 0.4) is 0 Å². The first-order chi connectivity index (χ1) is 14.1. The van der Waals surface area contributed by atoms with Gasteiger partial charge in [-0.2, -0.15) is 24.5 Å². The molecule has 1 aromatic heterocycles. The van der Waals surface area contributed by atoms with E-state index in [-0.39, 0.29) is 28.7 Å². The Balaban J connectivity index is 1.85. The fraction of sp³-hybridized carbons (Fsp3) is 0.105. The van der Waals surface area contributed by atoms with Gasteiger partial charge in [0.25, 0.3) is 5.69 Å². The molecule has 11 heteroatoms. The van der Waals surface area contributed by atoms with Crippen LogP contribution in [0.25, 0.3) is 0 Å². The summed E-state index contributed by atoms with van der Waals surface area (Å²) < 4.78 is 48.8. The number of thiophene rings is 1. The molecule has 0 aliphatic heterocycles. The van der Waals surface area contributed by atoms with Crippen molar-refractivity contribution in [2.75, 3.05) is 0 Å². The second-order valence-corrected chi connectivity index (χ2v) is 7.08. The molecule has 0 unspecified atom stereocenters. The molecule has 6 nitrogen and oxygen atoms in total. The van der Waals surface area contributed by atoms with Crippen molar-refractivity contribution < 1.29 is 32.4 Å². The molecule has 0 saturated heterocycles. The van der Waals surface area contributed by atoms with Crippen LogP contribution in [-0.2, 0) is 17.5 Å². The summed E-state index contributed by atoms with van der Waals surface area (Å²) in [4.78, 5) is 22.9. The Kier molecular flexibility index (Phi) is 6.28. The third-order valence-electron chi connectivity index (χ3n) is 3.82. The number of halogens is 4. The minimum Gasteiger partial charge on any atom is -0.457 e. The summed E-state index contributed by atoms with van der Waals surface area (Å²) in [5, 5.41) is 14.5. The van der Waals surface area contributed by atoms with Crippen LogP contribution < -0.4 is 4.74 Å². The molecule has 0 amide bonds. The molecule has 0 spiro atoms. The molecule has 1 heterocycles. The highest BCUT2D eigenvalue weighted by molar-refractivity contribution is 7.07. The predicted molar refractivity (Wildman–Crippen MR) is 103 cm³/mol. The summed E-state index contributed by atoms with van der Waals surface area (Å²) in [6.45, 7) is -0.0741. The molecule has 0 radical (unpaired) electrons. The number of nitro groups is 1. The van der Waals surface area contributed by atoms with E-state index in [1.54, 1.807) is 16.8 Å². The third kappa shape index (κ3) is 5.08. The maximum absolute atomic E-state index is 12.7. The van der Waals surface area contributed by atoms with Gasteiger partial charge in [-0.3, -0.25) is 10.1 Å². The fourth-order valence-electron chi connectivity index (χ4n) is 2.39. The zero-order valence-corrected chi connectivity index (χ0v) is 16.4. The topological polar surface area (TPSA) is 78.7 Å². The van der Waals surface area contributed by atoms with Gasteiger partial charge in [0.2, 0.25) is 0 Å². The summed E-state index contributed by atoms with van der Waals surface area (Å²) in [6.07, 6.45) is -4.57. The first kappa shape index (κ1) is 21.6. The van der Waals surface area contributed by atoms with E-state index >= 15 is 0 Å². The standard InChI is InChI=1S/C19H11ClF3NO5S/c20-15-7-12(19(21,22)23)1-4-17(15)29-13-2-3-16(24(26)27)14(8-13)18(25)28-9-11-5-6-30-10-11/h1-8,10H,9H2. The average molecular weight is 458 g/mol. The van der Waals surface area contributed by atoms with Gasteiger partial charge in [-0.05, 0) is 41.1 Å². The number of carbonyl (C=O) groups excluding carboxylic acids is 1. The normalized spacial score (nSPS) is 11.2. The molecule has 0 atom stereocenters. The molecule has 0 bridgehead atoms. The van der Waals surface area contributed by atoms with Gasteiger partial charge in [0.15, 0.2) is 0 Å². The second kappa shape index (κ2) is 8.72. The maximum atomic E-state index is 12.7. The van der Waals surface area contributed by atoms with Crippen LogP contribution in [0.2, 0.25) is 5.02 Å². The summed E-state index contributed by atoms with van der Waals surface area (Å²) >= 11 is 7.25. The lowest BCUT2D eigenvalue weighted by molar-refractivity contribution is -0.385. The summed E-state index contributed by atoms with van der Waals surface area (Å²) in [5.41, 5.74) is -1.10. The van der Waals surface area contributed by atoms with Crippen molar-refractivity contribution in [2.24, 2.45) is 0 Å². The lowest BCUT2D eigenvalue weighted by Gasteiger charge is -2.12. The molecular weight excluding hydrogens is 447 g/mol. The smallest absolute Gasteiger partial charge is 0.416 e. The lowest BCUT2D eigenvalue weighted by atomic mass is 10.1. The van der Waals surface area contributed by atoms with Crippen molar-refractivity contribution in [3.05, 3.63) is 85.1 Å². The van der Waals surface area contributed by atoms with Gasteiger partial charge < -0.3 is 9.47 Å². The molecule has 0 aliphatic rings. The van der Waals surface area contributed by atoms with Crippen molar-refractivity contribution in [2.45, 2.75) is 12.8 Å².